The minimum absolute atomic E-state index is 0.128. The minimum Gasteiger partial charge on any atom is -0.371 e. The van der Waals surface area contributed by atoms with Gasteiger partial charge in [-0.1, -0.05) is 11.8 Å². The lowest BCUT2D eigenvalue weighted by atomic mass is 10.1. The third-order valence-electron chi connectivity index (χ3n) is 4.23. The fourth-order valence-corrected chi connectivity index (χ4v) is 3.65. The zero-order valence-corrected chi connectivity index (χ0v) is 16.6. The van der Waals surface area contributed by atoms with Crippen LogP contribution in [0.2, 0.25) is 0 Å². The van der Waals surface area contributed by atoms with E-state index < -0.39 is 5.60 Å². The maximum Gasteiger partial charge on any atom is 0.240 e. The van der Waals surface area contributed by atoms with Gasteiger partial charge in [-0.2, -0.15) is 4.98 Å². The predicted octanol–water partition coefficient (Wildman–Crippen LogP) is 1.28. The smallest absolute Gasteiger partial charge is 0.240 e. The van der Waals surface area contributed by atoms with Crippen molar-refractivity contribution in [2.24, 2.45) is 5.73 Å². The number of fused-ring (bicyclic) bond motifs is 1. The highest BCUT2D eigenvalue weighted by Crippen LogP contribution is 2.24. The third kappa shape index (κ3) is 3.66. The number of aliphatic hydroxyl groups is 1. The zero-order chi connectivity index (χ0) is 20.6. The molecule has 5 N–H and O–H groups in total. The van der Waals surface area contributed by atoms with Gasteiger partial charge in [0, 0.05) is 17.5 Å². The summed E-state index contributed by atoms with van der Waals surface area (Å²) in [6.07, 6.45) is 1.35. The molecule has 10 heteroatoms. The van der Waals surface area contributed by atoms with Gasteiger partial charge in [-0.25, -0.2) is 19.9 Å². The number of hydrogen-bond acceptors (Lipinski definition) is 9. The summed E-state index contributed by atoms with van der Waals surface area (Å²) >= 11 is 1.33. The van der Waals surface area contributed by atoms with Gasteiger partial charge >= 0.3 is 0 Å². The first-order valence-corrected chi connectivity index (χ1v) is 9.60. The average Bonchev–Trinajstić information content (AvgIpc) is 3.30. The number of nitrogens with zero attached hydrogens (tertiary/aromatic N) is 6. The van der Waals surface area contributed by atoms with E-state index in [4.69, 9.17) is 11.5 Å². The first kappa shape index (κ1) is 18.9. The summed E-state index contributed by atoms with van der Waals surface area (Å²) in [7, 11) is 0. The van der Waals surface area contributed by atoms with Gasteiger partial charge in [0.2, 0.25) is 11.9 Å². The Bertz CT molecular complexity index is 1260. The molecule has 1 aromatic carbocycles. The van der Waals surface area contributed by atoms with Crippen LogP contribution in [0.3, 0.4) is 0 Å². The van der Waals surface area contributed by atoms with Crippen molar-refractivity contribution in [1.82, 2.24) is 29.5 Å². The van der Waals surface area contributed by atoms with Crippen molar-refractivity contribution in [1.29, 1.82) is 0 Å². The van der Waals surface area contributed by atoms with Crippen molar-refractivity contribution in [3.05, 3.63) is 52.0 Å². The number of nitrogen functional groups attached to an aromatic ring is 1. The van der Waals surface area contributed by atoms with E-state index in [-0.39, 0.29) is 5.95 Å². The number of nitrogens with two attached hydrogens (primary N) is 2. The van der Waals surface area contributed by atoms with Gasteiger partial charge in [0.05, 0.1) is 16.7 Å². The van der Waals surface area contributed by atoms with Crippen LogP contribution >= 0.6 is 11.3 Å². The minimum atomic E-state index is -1.38. The van der Waals surface area contributed by atoms with Crippen LogP contribution < -0.4 is 11.5 Å². The molecule has 4 rings (SSSR count). The summed E-state index contributed by atoms with van der Waals surface area (Å²) in [5.74, 6) is 7.13. The van der Waals surface area contributed by atoms with E-state index in [1.807, 2.05) is 30.5 Å². The Hall–Kier alpha value is -3.39. The molecule has 1 unspecified atom stereocenters. The largest absolute Gasteiger partial charge is 0.371 e. The lowest BCUT2D eigenvalue weighted by molar-refractivity contribution is 0.121. The molecular weight excluding hydrogens is 388 g/mol. The molecule has 29 heavy (non-hydrogen) atoms. The number of benzene rings is 1. The number of imidazole rings is 1. The van der Waals surface area contributed by atoms with Gasteiger partial charge < -0.3 is 16.6 Å². The van der Waals surface area contributed by atoms with Crippen molar-refractivity contribution in [3.8, 4) is 17.8 Å². The van der Waals surface area contributed by atoms with Crippen LogP contribution in [0.1, 0.15) is 29.0 Å². The quantitative estimate of drug-likeness (QED) is 0.432. The molecular formula is C19H18N8OS. The predicted molar refractivity (Wildman–Crippen MR) is 110 cm³/mol. The molecule has 0 fully saturated rings. The number of aromatic nitrogens is 6. The number of rotatable bonds is 3. The lowest BCUT2D eigenvalue weighted by Gasteiger charge is -2.12. The standard InChI is InChI=1S/C19H18N8OS/c1-11-24-14-4-3-12(5-6-19(2,28)16-25-13(8-20)9-29-16)7-15(14)27(11)18-23-10-22-17(21)26-18/h3-4,7,9-10,28H,8,20H2,1-2H3,(H2,21,22,23,26). The highest BCUT2D eigenvalue weighted by Gasteiger charge is 2.24. The molecule has 1 atom stereocenters. The van der Waals surface area contributed by atoms with Crippen LogP contribution in [0.25, 0.3) is 17.0 Å². The van der Waals surface area contributed by atoms with Crippen LogP contribution in [0.15, 0.2) is 29.9 Å². The molecule has 3 aromatic heterocycles. The molecule has 0 aliphatic carbocycles. The summed E-state index contributed by atoms with van der Waals surface area (Å²) < 4.78 is 1.78. The molecule has 0 aliphatic heterocycles. The van der Waals surface area contributed by atoms with E-state index in [2.05, 4.69) is 36.8 Å². The van der Waals surface area contributed by atoms with E-state index in [9.17, 15) is 5.11 Å². The van der Waals surface area contributed by atoms with E-state index in [1.165, 1.54) is 17.7 Å². The molecule has 0 aliphatic rings. The topological polar surface area (TPSA) is 142 Å². The van der Waals surface area contributed by atoms with Crippen molar-refractivity contribution in [2.45, 2.75) is 26.0 Å². The van der Waals surface area contributed by atoms with Crippen molar-refractivity contribution < 1.29 is 5.11 Å². The van der Waals surface area contributed by atoms with Gasteiger partial charge in [-0.15, -0.1) is 11.3 Å². The maximum absolute atomic E-state index is 10.7. The first-order valence-electron chi connectivity index (χ1n) is 8.72. The van der Waals surface area contributed by atoms with Crippen LogP contribution in [-0.2, 0) is 12.1 Å². The summed E-state index contributed by atoms with van der Waals surface area (Å²) in [5, 5.41) is 13.0. The number of anilines is 1. The molecule has 3 heterocycles. The van der Waals surface area contributed by atoms with Gasteiger partial charge in [0.1, 0.15) is 17.2 Å². The molecule has 0 radical (unpaired) electrons. The molecule has 9 nitrogen and oxygen atoms in total. The molecule has 0 spiro atoms. The summed E-state index contributed by atoms with van der Waals surface area (Å²) in [4.78, 5) is 21.0. The fraction of sp³-hybridized carbons (Fsp3) is 0.211. The number of hydrogen-bond donors (Lipinski definition) is 3. The summed E-state index contributed by atoms with van der Waals surface area (Å²) in [5.41, 5.74) is 12.9. The average molecular weight is 406 g/mol. The second-order valence-electron chi connectivity index (χ2n) is 6.51. The van der Waals surface area contributed by atoms with E-state index in [1.54, 1.807) is 11.5 Å². The second kappa shape index (κ2) is 7.21. The Balaban J connectivity index is 1.75. The molecule has 0 saturated heterocycles. The van der Waals surface area contributed by atoms with E-state index in [0.717, 1.165) is 16.7 Å². The van der Waals surface area contributed by atoms with Crippen LogP contribution in [0, 0.1) is 18.8 Å². The molecule has 0 bridgehead atoms. The molecule has 0 saturated carbocycles. The fourth-order valence-electron chi connectivity index (χ4n) is 2.81. The van der Waals surface area contributed by atoms with E-state index in [0.29, 0.717) is 28.9 Å². The normalized spacial score (nSPS) is 13.1. The van der Waals surface area contributed by atoms with Crippen LogP contribution in [-0.4, -0.2) is 34.6 Å². The second-order valence-corrected chi connectivity index (χ2v) is 7.37. The van der Waals surface area contributed by atoms with Gasteiger partial charge in [-0.05, 0) is 32.0 Å². The van der Waals surface area contributed by atoms with Gasteiger partial charge in [0.15, 0.2) is 5.60 Å². The lowest BCUT2D eigenvalue weighted by Crippen LogP contribution is -2.18. The van der Waals surface area contributed by atoms with Gasteiger partial charge in [0.25, 0.3) is 0 Å². The first-order chi connectivity index (χ1) is 13.9. The Labute approximate surface area is 170 Å². The Morgan fingerprint density at radius 1 is 1.24 bits per heavy atom. The maximum atomic E-state index is 10.7. The molecule has 0 amide bonds. The SMILES string of the molecule is Cc1nc2ccc(C#CC(C)(O)c3nc(CN)cs3)cc2n1-c1ncnc(N)n1. The Morgan fingerprint density at radius 2 is 2.07 bits per heavy atom. The van der Waals surface area contributed by atoms with Crippen LogP contribution in [0.5, 0.6) is 0 Å². The van der Waals surface area contributed by atoms with Gasteiger partial charge in [-0.3, -0.25) is 4.57 Å². The number of thiazole rings is 1. The molecule has 4 aromatic rings. The zero-order valence-electron chi connectivity index (χ0n) is 15.8. The van der Waals surface area contributed by atoms with E-state index >= 15 is 0 Å². The van der Waals surface area contributed by atoms with Crippen molar-refractivity contribution in [2.75, 3.05) is 5.73 Å². The third-order valence-corrected chi connectivity index (χ3v) is 5.33. The Kier molecular flexibility index (Phi) is 4.71. The number of aryl methyl sites for hydroxylation is 1. The summed E-state index contributed by atoms with van der Waals surface area (Å²) in [6.45, 7) is 3.79. The Morgan fingerprint density at radius 3 is 2.79 bits per heavy atom. The highest BCUT2D eigenvalue weighted by molar-refractivity contribution is 7.09. The van der Waals surface area contributed by atoms with Crippen molar-refractivity contribution in [3.63, 3.8) is 0 Å². The highest BCUT2D eigenvalue weighted by atomic mass is 32.1. The van der Waals surface area contributed by atoms with Crippen LogP contribution in [0.4, 0.5) is 5.95 Å². The van der Waals surface area contributed by atoms with Crippen molar-refractivity contribution >= 4 is 28.3 Å². The molecule has 146 valence electrons. The summed E-state index contributed by atoms with van der Waals surface area (Å²) in [6, 6.07) is 5.57. The monoisotopic (exact) mass is 406 g/mol.